The second kappa shape index (κ2) is 5.46. The predicted octanol–water partition coefficient (Wildman–Crippen LogP) is 1.54. The van der Waals surface area contributed by atoms with Crippen molar-refractivity contribution in [1.82, 2.24) is 10.3 Å². The molecule has 0 aliphatic carbocycles. The maximum atomic E-state index is 12.0. The summed E-state index contributed by atoms with van der Waals surface area (Å²) in [6.45, 7) is 0.902. The van der Waals surface area contributed by atoms with E-state index in [0.29, 0.717) is 5.75 Å². The van der Waals surface area contributed by atoms with Gasteiger partial charge in [-0.3, -0.25) is 0 Å². The van der Waals surface area contributed by atoms with Gasteiger partial charge < -0.3 is 5.32 Å². The van der Waals surface area contributed by atoms with Crippen LogP contribution in [0.15, 0.2) is 6.20 Å². The Bertz CT molecular complexity index is 468. The summed E-state index contributed by atoms with van der Waals surface area (Å²) in [5.41, 5.74) is 0. The van der Waals surface area contributed by atoms with Crippen molar-refractivity contribution in [2.24, 2.45) is 0 Å². The van der Waals surface area contributed by atoms with Gasteiger partial charge >= 0.3 is 0 Å². The number of nitrogens with zero attached hydrogens (tertiary/aromatic N) is 1. The number of likely N-dealkylation sites (N-methyl/N-ethyl adjacent to an activating group) is 1. The van der Waals surface area contributed by atoms with E-state index in [1.165, 1.54) is 0 Å². The first-order valence-electron chi connectivity index (χ1n) is 5.94. The van der Waals surface area contributed by atoms with E-state index in [1.807, 2.05) is 13.2 Å². The number of rotatable bonds is 4. The van der Waals surface area contributed by atoms with Gasteiger partial charge in [0.1, 0.15) is 10.3 Å². The van der Waals surface area contributed by atoms with Crippen LogP contribution in [-0.2, 0) is 16.3 Å². The van der Waals surface area contributed by atoms with Gasteiger partial charge in [-0.05, 0) is 32.9 Å². The lowest BCUT2D eigenvalue weighted by Crippen LogP contribution is -2.21. The number of sulfone groups is 1. The molecule has 0 saturated carbocycles. The zero-order chi connectivity index (χ0) is 12.3. The fourth-order valence-electron chi connectivity index (χ4n) is 2.07. The van der Waals surface area contributed by atoms with E-state index >= 15 is 0 Å². The first-order valence-corrected chi connectivity index (χ1v) is 8.47. The van der Waals surface area contributed by atoms with Gasteiger partial charge in [-0.1, -0.05) is 6.42 Å². The molecule has 0 radical (unpaired) electrons. The highest BCUT2D eigenvalue weighted by atomic mass is 32.2. The molecule has 0 aromatic carbocycles. The average molecular weight is 274 g/mol. The van der Waals surface area contributed by atoms with Crippen LogP contribution >= 0.6 is 11.3 Å². The van der Waals surface area contributed by atoms with Crippen molar-refractivity contribution in [3.05, 3.63) is 16.1 Å². The molecule has 1 aromatic rings. The smallest absolute Gasteiger partial charge is 0.159 e. The van der Waals surface area contributed by atoms with Crippen LogP contribution in [0.4, 0.5) is 0 Å². The molecule has 1 N–H and O–H groups in total. The van der Waals surface area contributed by atoms with Crippen molar-refractivity contribution in [3.63, 3.8) is 0 Å². The molecule has 96 valence electrons. The second-order valence-electron chi connectivity index (χ2n) is 4.37. The van der Waals surface area contributed by atoms with Crippen molar-refractivity contribution < 1.29 is 8.42 Å². The molecule has 1 aliphatic rings. The lowest BCUT2D eigenvalue weighted by molar-refractivity contribution is 0.545. The number of hydrogen-bond acceptors (Lipinski definition) is 5. The molecule has 2 heterocycles. The molecule has 0 amide bonds. The third-order valence-electron chi connectivity index (χ3n) is 3.05. The molecule has 0 spiro atoms. The van der Waals surface area contributed by atoms with Crippen molar-refractivity contribution in [3.8, 4) is 0 Å². The van der Waals surface area contributed by atoms with Crippen molar-refractivity contribution in [2.75, 3.05) is 19.3 Å². The van der Waals surface area contributed by atoms with E-state index in [4.69, 9.17) is 0 Å². The number of nitrogens with one attached hydrogen (secondary N) is 1. The molecule has 1 aromatic heterocycles. The third-order valence-corrected chi connectivity index (χ3v) is 6.55. The minimum Gasteiger partial charge on any atom is -0.319 e. The highest BCUT2D eigenvalue weighted by molar-refractivity contribution is 7.91. The van der Waals surface area contributed by atoms with E-state index in [0.717, 1.165) is 42.1 Å². The van der Waals surface area contributed by atoms with E-state index in [9.17, 15) is 8.42 Å². The Kier molecular flexibility index (Phi) is 4.17. The molecule has 1 saturated heterocycles. The first kappa shape index (κ1) is 13.0. The van der Waals surface area contributed by atoms with Crippen LogP contribution in [0.2, 0.25) is 0 Å². The normalized spacial score (nSPS) is 23.7. The number of thiazole rings is 1. The molecule has 1 aliphatic heterocycles. The van der Waals surface area contributed by atoms with Crippen molar-refractivity contribution in [1.29, 1.82) is 0 Å². The largest absolute Gasteiger partial charge is 0.319 e. The summed E-state index contributed by atoms with van der Waals surface area (Å²) in [6, 6.07) is 0. The van der Waals surface area contributed by atoms with Crippen molar-refractivity contribution in [2.45, 2.75) is 30.9 Å². The number of hydrogen-bond donors (Lipinski definition) is 1. The van der Waals surface area contributed by atoms with Gasteiger partial charge in [-0.15, -0.1) is 11.3 Å². The minimum absolute atomic E-state index is 0.323. The van der Waals surface area contributed by atoms with Gasteiger partial charge in [0.15, 0.2) is 9.84 Å². The second-order valence-corrected chi connectivity index (χ2v) is 7.82. The Morgan fingerprint density at radius 3 is 3.06 bits per heavy atom. The molecular weight excluding hydrogens is 256 g/mol. The highest BCUT2D eigenvalue weighted by Crippen LogP contribution is 2.35. The summed E-state index contributed by atoms with van der Waals surface area (Å²) in [7, 11) is -1.04. The molecule has 1 fully saturated rings. The van der Waals surface area contributed by atoms with Crippen LogP contribution in [0.3, 0.4) is 0 Å². The van der Waals surface area contributed by atoms with Crippen LogP contribution in [0.25, 0.3) is 0 Å². The molecule has 1 unspecified atom stereocenters. The van der Waals surface area contributed by atoms with Crippen LogP contribution in [0.5, 0.6) is 0 Å². The summed E-state index contributed by atoms with van der Waals surface area (Å²) < 4.78 is 23.9. The predicted molar refractivity (Wildman–Crippen MR) is 70.1 cm³/mol. The first-order chi connectivity index (χ1) is 8.13. The van der Waals surface area contributed by atoms with Gasteiger partial charge in [-0.25, -0.2) is 13.4 Å². The zero-order valence-corrected chi connectivity index (χ0v) is 11.6. The molecule has 4 nitrogen and oxygen atoms in total. The van der Waals surface area contributed by atoms with E-state index in [2.05, 4.69) is 10.3 Å². The molecule has 0 bridgehead atoms. The van der Waals surface area contributed by atoms with Gasteiger partial charge in [0.25, 0.3) is 0 Å². The maximum Gasteiger partial charge on any atom is 0.159 e. The lowest BCUT2D eigenvalue weighted by atomic mass is 10.2. The standard InChI is InChI=1S/C11H18N2O2S2/c1-12-6-5-9-8-13-11(16-9)10-4-2-3-7-17(10,14)15/h8,10,12H,2-7H2,1H3. The van der Waals surface area contributed by atoms with Crippen LogP contribution in [0, 0.1) is 0 Å². The third kappa shape index (κ3) is 3.05. The summed E-state index contributed by atoms with van der Waals surface area (Å²) in [6.07, 6.45) is 5.27. The van der Waals surface area contributed by atoms with Gasteiger partial charge in [0, 0.05) is 11.1 Å². The Balaban J connectivity index is 2.13. The van der Waals surface area contributed by atoms with Crippen molar-refractivity contribution >= 4 is 21.2 Å². The summed E-state index contributed by atoms with van der Waals surface area (Å²) in [5.74, 6) is 0.323. The Morgan fingerprint density at radius 1 is 1.53 bits per heavy atom. The van der Waals surface area contributed by atoms with Crippen LogP contribution < -0.4 is 5.32 Å². The Morgan fingerprint density at radius 2 is 2.35 bits per heavy atom. The van der Waals surface area contributed by atoms with E-state index < -0.39 is 9.84 Å². The van der Waals surface area contributed by atoms with E-state index in [1.54, 1.807) is 11.3 Å². The molecular formula is C11H18N2O2S2. The summed E-state index contributed by atoms with van der Waals surface area (Å²) in [4.78, 5) is 5.46. The maximum absolute atomic E-state index is 12.0. The fraction of sp³-hybridized carbons (Fsp3) is 0.727. The molecule has 1 atom stereocenters. The highest BCUT2D eigenvalue weighted by Gasteiger charge is 2.32. The molecule has 17 heavy (non-hydrogen) atoms. The van der Waals surface area contributed by atoms with Crippen LogP contribution in [0.1, 0.15) is 34.4 Å². The quantitative estimate of drug-likeness (QED) is 0.905. The fourth-order valence-corrected chi connectivity index (χ4v) is 5.37. The topological polar surface area (TPSA) is 59.1 Å². The van der Waals surface area contributed by atoms with Gasteiger partial charge in [-0.2, -0.15) is 0 Å². The Hall–Kier alpha value is -0.460. The molecule has 6 heteroatoms. The number of aromatic nitrogens is 1. The lowest BCUT2D eigenvalue weighted by Gasteiger charge is -2.19. The summed E-state index contributed by atoms with van der Waals surface area (Å²) in [5, 5.41) is 3.53. The SMILES string of the molecule is CNCCc1cnc(C2CCCCS2(=O)=O)s1. The van der Waals surface area contributed by atoms with Crippen LogP contribution in [-0.4, -0.2) is 32.7 Å². The van der Waals surface area contributed by atoms with Gasteiger partial charge in [0.2, 0.25) is 0 Å². The zero-order valence-electron chi connectivity index (χ0n) is 9.98. The molecule has 2 rings (SSSR count). The van der Waals surface area contributed by atoms with E-state index in [-0.39, 0.29) is 5.25 Å². The minimum atomic E-state index is -2.95. The monoisotopic (exact) mass is 274 g/mol. The summed E-state index contributed by atoms with van der Waals surface area (Å²) >= 11 is 1.55. The Labute approximate surface area is 106 Å². The average Bonchev–Trinajstić information content (AvgIpc) is 2.74. The van der Waals surface area contributed by atoms with Gasteiger partial charge in [0.05, 0.1) is 5.75 Å².